The van der Waals surface area contributed by atoms with Crippen LogP contribution in [0.2, 0.25) is 0 Å². The van der Waals surface area contributed by atoms with Crippen molar-refractivity contribution in [2.45, 2.75) is 89.6 Å². The van der Waals surface area contributed by atoms with Crippen molar-refractivity contribution in [1.82, 2.24) is 5.32 Å². The zero-order chi connectivity index (χ0) is 13.4. The summed E-state index contributed by atoms with van der Waals surface area (Å²) in [5.41, 5.74) is 6.00. The summed E-state index contributed by atoms with van der Waals surface area (Å²) in [5.74, 6) is 0.141. The van der Waals surface area contributed by atoms with Crippen molar-refractivity contribution < 1.29 is 4.79 Å². The number of hydrogen-bond donors (Lipinski definition) is 2. The number of amides is 1. The predicted molar refractivity (Wildman–Crippen MR) is 76.4 cm³/mol. The molecule has 1 aliphatic rings. The molecule has 1 aliphatic carbocycles. The highest BCUT2D eigenvalue weighted by Gasteiger charge is 2.31. The van der Waals surface area contributed by atoms with Gasteiger partial charge in [0.15, 0.2) is 0 Å². The maximum Gasteiger partial charge on any atom is 0.222 e. The minimum Gasteiger partial charge on any atom is -0.354 e. The first-order chi connectivity index (χ1) is 8.56. The van der Waals surface area contributed by atoms with Crippen molar-refractivity contribution >= 4 is 5.91 Å². The molecule has 1 fully saturated rings. The molecule has 1 atom stereocenters. The first kappa shape index (κ1) is 15.5. The van der Waals surface area contributed by atoms with Gasteiger partial charge in [-0.1, -0.05) is 45.4 Å². The lowest BCUT2D eigenvalue weighted by Gasteiger charge is -2.24. The van der Waals surface area contributed by atoms with Gasteiger partial charge in [-0.2, -0.15) is 0 Å². The quantitative estimate of drug-likeness (QED) is 0.654. The third-order valence-electron chi connectivity index (χ3n) is 4.01. The average Bonchev–Trinajstić information content (AvgIpc) is 2.70. The number of nitrogens with two attached hydrogens (primary N) is 1. The van der Waals surface area contributed by atoms with Crippen LogP contribution in [0.3, 0.4) is 0 Å². The molecule has 0 heterocycles. The van der Waals surface area contributed by atoms with E-state index in [1.807, 2.05) is 0 Å². The molecular formula is C15H30N2O. The van der Waals surface area contributed by atoms with E-state index in [1.165, 1.54) is 38.5 Å². The van der Waals surface area contributed by atoms with E-state index in [0.717, 1.165) is 19.3 Å². The summed E-state index contributed by atoms with van der Waals surface area (Å²) >= 11 is 0. The zero-order valence-corrected chi connectivity index (χ0v) is 12.1. The Morgan fingerprint density at radius 1 is 1.28 bits per heavy atom. The van der Waals surface area contributed by atoms with Crippen molar-refractivity contribution in [3.05, 3.63) is 0 Å². The fraction of sp³-hybridized carbons (Fsp3) is 0.933. The number of hydrogen-bond acceptors (Lipinski definition) is 2. The predicted octanol–water partition coefficient (Wildman–Crippen LogP) is 3.12. The summed E-state index contributed by atoms with van der Waals surface area (Å²) in [7, 11) is 0. The van der Waals surface area contributed by atoms with Crippen LogP contribution in [-0.4, -0.2) is 17.5 Å². The van der Waals surface area contributed by atoms with Crippen molar-refractivity contribution in [3.63, 3.8) is 0 Å². The van der Waals surface area contributed by atoms with Gasteiger partial charge in [0, 0.05) is 18.0 Å². The Hall–Kier alpha value is -0.570. The Morgan fingerprint density at radius 2 is 1.94 bits per heavy atom. The number of rotatable bonds is 8. The van der Waals surface area contributed by atoms with Crippen LogP contribution in [0.15, 0.2) is 0 Å². The third-order valence-corrected chi connectivity index (χ3v) is 4.01. The largest absolute Gasteiger partial charge is 0.354 e. The Balaban J connectivity index is 2.14. The third kappa shape index (κ3) is 5.85. The van der Waals surface area contributed by atoms with E-state index in [4.69, 9.17) is 5.73 Å². The van der Waals surface area contributed by atoms with Crippen LogP contribution in [-0.2, 0) is 4.79 Å². The summed E-state index contributed by atoms with van der Waals surface area (Å²) < 4.78 is 0. The van der Waals surface area contributed by atoms with Gasteiger partial charge in [0.2, 0.25) is 5.91 Å². The van der Waals surface area contributed by atoms with E-state index in [0.29, 0.717) is 12.5 Å². The highest BCUT2D eigenvalue weighted by atomic mass is 16.1. The Morgan fingerprint density at radius 3 is 2.56 bits per heavy atom. The molecule has 1 amide bonds. The normalized spacial score (nSPS) is 19.7. The minimum atomic E-state index is -0.216. The smallest absolute Gasteiger partial charge is 0.222 e. The molecular weight excluding hydrogens is 224 g/mol. The maximum atomic E-state index is 11.9. The van der Waals surface area contributed by atoms with E-state index in [9.17, 15) is 4.79 Å². The van der Waals surface area contributed by atoms with E-state index in [2.05, 4.69) is 19.2 Å². The van der Waals surface area contributed by atoms with Crippen LogP contribution in [0.1, 0.15) is 78.1 Å². The molecule has 18 heavy (non-hydrogen) atoms. The van der Waals surface area contributed by atoms with Gasteiger partial charge in [0.05, 0.1) is 0 Å². The number of nitrogens with one attached hydrogen (secondary N) is 1. The summed E-state index contributed by atoms with van der Waals surface area (Å²) in [5, 5.41) is 3.09. The van der Waals surface area contributed by atoms with Crippen molar-refractivity contribution in [3.8, 4) is 0 Å². The van der Waals surface area contributed by atoms with E-state index in [-0.39, 0.29) is 11.4 Å². The molecule has 0 bridgehead atoms. The van der Waals surface area contributed by atoms with Crippen LogP contribution in [0.4, 0.5) is 0 Å². The average molecular weight is 254 g/mol. The van der Waals surface area contributed by atoms with Gasteiger partial charge in [-0.05, 0) is 26.2 Å². The molecule has 1 unspecified atom stereocenters. The van der Waals surface area contributed by atoms with Gasteiger partial charge >= 0.3 is 0 Å². The molecule has 0 aliphatic heterocycles. The second kappa shape index (κ2) is 7.78. The van der Waals surface area contributed by atoms with Crippen molar-refractivity contribution in [2.24, 2.45) is 5.73 Å². The highest BCUT2D eigenvalue weighted by Crippen LogP contribution is 2.29. The molecule has 3 N–H and O–H groups in total. The molecule has 1 rings (SSSR count). The first-order valence-corrected chi connectivity index (χ1v) is 7.64. The zero-order valence-electron chi connectivity index (χ0n) is 12.1. The van der Waals surface area contributed by atoms with Crippen LogP contribution < -0.4 is 11.1 Å². The van der Waals surface area contributed by atoms with Gasteiger partial charge in [-0.15, -0.1) is 0 Å². The molecule has 3 nitrogen and oxygen atoms in total. The van der Waals surface area contributed by atoms with Crippen LogP contribution >= 0.6 is 0 Å². The molecule has 0 aromatic heterocycles. The SMILES string of the molecule is CCCCCCC(C)NC(=O)CC1(N)CCCC1. The number of carbonyl (C=O) groups is 1. The fourth-order valence-electron chi connectivity index (χ4n) is 2.85. The topological polar surface area (TPSA) is 55.1 Å². The second-order valence-electron chi connectivity index (χ2n) is 6.06. The summed E-state index contributed by atoms with van der Waals surface area (Å²) in [6.07, 6.45) is 11.0. The Bertz CT molecular complexity index is 247. The molecule has 0 radical (unpaired) electrons. The molecule has 0 saturated heterocycles. The van der Waals surface area contributed by atoms with Gasteiger partial charge in [-0.25, -0.2) is 0 Å². The maximum absolute atomic E-state index is 11.9. The first-order valence-electron chi connectivity index (χ1n) is 7.64. The van der Waals surface area contributed by atoms with Crippen molar-refractivity contribution in [2.75, 3.05) is 0 Å². The lowest BCUT2D eigenvalue weighted by molar-refractivity contribution is -0.122. The van der Waals surface area contributed by atoms with Crippen LogP contribution in [0, 0.1) is 0 Å². The fourth-order valence-corrected chi connectivity index (χ4v) is 2.85. The molecule has 1 saturated carbocycles. The van der Waals surface area contributed by atoms with Gasteiger partial charge in [0.1, 0.15) is 0 Å². The van der Waals surface area contributed by atoms with Crippen molar-refractivity contribution in [1.29, 1.82) is 0 Å². The lowest BCUT2D eigenvalue weighted by Crippen LogP contribution is -2.44. The second-order valence-corrected chi connectivity index (χ2v) is 6.06. The molecule has 0 spiro atoms. The van der Waals surface area contributed by atoms with E-state index < -0.39 is 0 Å². The Kier molecular flexibility index (Phi) is 6.69. The summed E-state index contributed by atoms with van der Waals surface area (Å²) in [6, 6.07) is 0.291. The van der Waals surface area contributed by atoms with Gasteiger partial charge < -0.3 is 11.1 Å². The standard InChI is InChI=1S/C15H30N2O/c1-3-4-5-6-9-13(2)17-14(18)12-15(16)10-7-8-11-15/h13H,3-12,16H2,1-2H3,(H,17,18). The lowest BCUT2D eigenvalue weighted by atomic mass is 9.94. The summed E-state index contributed by atoms with van der Waals surface area (Å²) in [4.78, 5) is 11.9. The Labute approximate surface area is 112 Å². The summed E-state index contributed by atoms with van der Waals surface area (Å²) in [6.45, 7) is 4.31. The van der Waals surface area contributed by atoms with Crippen LogP contribution in [0.25, 0.3) is 0 Å². The molecule has 0 aromatic carbocycles. The minimum absolute atomic E-state index is 0.141. The molecule has 106 valence electrons. The molecule has 0 aromatic rings. The monoisotopic (exact) mass is 254 g/mol. The molecule has 3 heteroatoms. The van der Waals surface area contributed by atoms with Gasteiger partial charge in [-0.3, -0.25) is 4.79 Å². The van der Waals surface area contributed by atoms with E-state index >= 15 is 0 Å². The number of unbranched alkanes of at least 4 members (excludes halogenated alkanes) is 3. The number of carbonyl (C=O) groups excluding carboxylic acids is 1. The highest BCUT2D eigenvalue weighted by molar-refractivity contribution is 5.77. The van der Waals surface area contributed by atoms with E-state index in [1.54, 1.807) is 0 Å². The van der Waals surface area contributed by atoms with Gasteiger partial charge in [0.25, 0.3) is 0 Å². The van der Waals surface area contributed by atoms with Crippen LogP contribution in [0.5, 0.6) is 0 Å².